The number of hydrogen-bond donors (Lipinski definition) is 3. The zero-order valence-electron chi connectivity index (χ0n) is 10.3. The zero-order valence-corrected chi connectivity index (χ0v) is 10.3. The summed E-state index contributed by atoms with van der Waals surface area (Å²) < 4.78 is 5.52. The van der Waals surface area contributed by atoms with Crippen LogP contribution in [0.25, 0.3) is 0 Å². The fraction of sp³-hybridized carbons (Fsp3) is 0.538. The van der Waals surface area contributed by atoms with Crippen molar-refractivity contribution in [3.8, 4) is 5.75 Å². The normalized spacial score (nSPS) is 14.7. The number of ether oxygens (including phenoxy) is 1. The second-order valence-corrected chi connectivity index (χ2v) is 4.52. The van der Waals surface area contributed by atoms with Crippen molar-refractivity contribution >= 4 is 0 Å². The molecule has 4 nitrogen and oxygen atoms in total. The second kappa shape index (κ2) is 6.59. The van der Waals surface area contributed by atoms with Gasteiger partial charge >= 0.3 is 0 Å². The van der Waals surface area contributed by atoms with Crippen molar-refractivity contribution in [1.29, 1.82) is 0 Å². The highest BCUT2D eigenvalue weighted by molar-refractivity contribution is 5.29. The van der Waals surface area contributed by atoms with Gasteiger partial charge in [-0.15, -0.1) is 0 Å². The highest BCUT2D eigenvalue weighted by Crippen LogP contribution is 2.20. The number of benzene rings is 1. The predicted molar refractivity (Wildman–Crippen MR) is 66.8 cm³/mol. The summed E-state index contributed by atoms with van der Waals surface area (Å²) in [4.78, 5) is 0. The Kier molecular flexibility index (Phi) is 5.41. The first-order valence-corrected chi connectivity index (χ1v) is 5.83. The minimum atomic E-state index is -0.945. The second-order valence-electron chi connectivity index (χ2n) is 4.52. The van der Waals surface area contributed by atoms with Crippen molar-refractivity contribution in [3.63, 3.8) is 0 Å². The van der Waals surface area contributed by atoms with Gasteiger partial charge in [0.25, 0.3) is 0 Å². The predicted octanol–water partition coefficient (Wildman–Crippen LogP) is 1.07. The molecule has 2 atom stereocenters. The lowest BCUT2D eigenvalue weighted by Gasteiger charge is -2.16. The Balaban J connectivity index is 2.61. The van der Waals surface area contributed by atoms with Crippen LogP contribution in [-0.2, 0) is 0 Å². The lowest BCUT2D eigenvalue weighted by Crippen LogP contribution is -2.27. The molecule has 0 aliphatic rings. The summed E-state index contributed by atoms with van der Waals surface area (Å²) in [5.74, 6) is 1.23. The maximum atomic E-state index is 9.73. The van der Waals surface area contributed by atoms with Crippen LogP contribution in [0.4, 0.5) is 0 Å². The third kappa shape index (κ3) is 4.34. The molecule has 0 bridgehead atoms. The molecule has 2 unspecified atom stereocenters. The average Bonchev–Trinajstić information content (AvgIpc) is 2.35. The molecule has 0 heterocycles. The van der Waals surface area contributed by atoms with Gasteiger partial charge in [0.2, 0.25) is 0 Å². The molecule has 1 rings (SSSR count). The van der Waals surface area contributed by atoms with Gasteiger partial charge in [0.15, 0.2) is 0 Å². The van der Waals surface area contributed by atoms with Crippen LogP contribution < -0.4 is 10.5 Å². The Hall–Kier alpha value is -1.10. The number of aliphatic hydroxyl groups is 2. The first kappa shape index (κ1) is 14.0. The highest BCUT2D eigenvalue weighted by atomic mass is 16.5. The molecule has 0 aliphatic heterocycles. The molecule has 4 heteroatoms. The number of hydrogen-bond acceptors (Lipinski definition) is 4. The average molecular weight is 239 g/mol. The van der Waals surface area contributed by atoms with E-state index in [0.717, 1.165) is 5.75 Å². The highest BCUT2D eigenvalue weighted by Gasteiger charge is 2.16. The van der Waals surface area contributed by atoms with Crippen LogP contribution in [-0.4, -0.2) is 29.5 Å². The van der Waals surface area contributed by atoms with Crippen LogP contribution in [0.1, 0.15) is 25.5 Å². The first-order chi connectivity index (χ1) is 8.04. The minimum Gasteiger partial charge on any atom is -0.493 e. The summed E-state index contributed by atoms with van der Waals surface area (Å²) in [6, 6.07) is 7.03. The molecule has 0 saturated heterocycles. The quantitative estimate of drug-likeness (QED) is 0.694. The molecular weight excluding hydrogens is 218 g/mol. The van der Waals surface area contributed by atoms with Gasteiger partial charge in [-0.1, -0.05) is 26.0 Å². The topological polar surface area (TPSA) is 75.7 Å². The molecule has 0 fully saturated rings. The van der Waals surface area contributed by atoms with E-state index in [4.69, 9.17) is 10.5 Å². The Morgan fingerprint density at radius 1 is 1.18 bits per heavy atom. The van der Waals surface area contributed by atoms with Gasteiger partial charge in [-0.2, -0.15) is 0 Å². The monoisotopic (exact) mass is 239 g/mol. The van der Waals surface area contributed by atoms with Crippen molar-refractivity contribution in [2.75, 3.05) is 13.2 Å². The van der Waals surface area contributed by atoms with Gasteiger partial charge in [-0.05, 0) is 23.6 Å². The summed E-state index contributed by atoms with van der Waals surface area (Å²) >= 11 is 0. The minimum absolute atomic E-state index is 0.0345. The molecule has 0 spiro atoms. The van der Waals surface area contributed by atoms with Crippen molar-refractivity contribution in [3.05, 3.63) is 29.8 Å². The largest absolute Gasteiger partial charge is 0.493 e. The first-order valence-electron chi connectivity index (χ1n) is 5.83. The van der Waals surface area contributed by atoms with E-state index in [9.17, 15) is 10.2 Å². The fourth-order valence-corrected chi connectivity index (χ4v) is 1.38. The molecule has 96 valence electrons. The van der Waals surface area contributed by atoms with Crippen molar-refractivity contribution in [2.24, 2.45) is 11.7 Å². The lowest BCUT2D eigenvalue weighted by atomic mass is 10.0. The maximum Gasteiger partial charge on any atom is 0.119 e. The Morgan fingerprint density at radius 2 is 1.76 bits per heavy atom. The summed E-state index contributed by atoms with van der Waals surface area (Å²) in [6.45, 7) is 4.85. The van der Waals surface area contributed by atoms with Crippen molar-refractivity contribution in [2.45, 2.75) is 26.1 Å². The van der Waals surface area contributed by atoms with Crippen molar-refractivity contribution < 1.29 is 14.9 Å². The molecular formula is C13H21NO3. The van der Waals surface area contributed by atoms with Crippen LogP contribution in [0.15, 0.2) is 24.3 Å². The van der Waals surface area contributed by atoms with Gasteiger partial charge in [-0.3, -0.25) is 0 Å². The standard InChI is InChI=1S/C13H21NO3/c1-9(2)8-17-11-5-3-10(4-6-11)13(16)12(15)7-14/h3-6,9,12-13,15-16H,7-8,14H2,1-2H3. The van der Waals surface area contributed by atoms with E-state index < -0.39 is 12.2 Å². The summed E-state index contributed by atoms with van der Waals surface area (Å²) in [5.41, 5.74) is 5.93. The van der Waals surface area contributed by atoms with E-state index >= 15 is 0 Å². The van der Waals surface area contributed by atoms with Crippen LogP contribution in [0.3, 0.4) is 0 Å². The van der Waals surface area contributed by atoms with Crippen molar-refractivity contribution in [1.82, 2.24) is 0 Å². The van der Waals surface area contributed by atoms with E-state index in [-0.39, 0.29) is 6.54 Å². The summed E-state index contributed by atoms with van der Waals surface area (Å²) in [7, 11) is 0. The molecule has 0 radical (unpaired) electrons. The number of rotatable bonds is 6. The molecule has 0 aromatic heterocycles. The van der Waals surface area contributed by atoms with E-state index in [0.29, 0.717) is 18.1 Å². The smallest absolute Gasteiger partial charge is 0.119 e. The molecule has 0 saturated carbocycles. The summed E-state index contributed by atoms with van der Waals surface area (Å²) in [6.07, 6.45) is -1.88. The maximum absolute atomic E-state index is 9.73. The zero-order chi connectivity index (χ0) is 12.8. The molecule has 0 amide bonds. The Morgan fingerprint density at radius 3 is 2.24 bits per heavy atom. The number of aliphatic hydroxyl groups excluding tert-OH is 2. The Bertz CT molecular complexity index is 324. The van der Waals surface area contributed by atoms with E-state index in [1.807, 2.05) is 0 Å². The lowest BCUT2D eigenvalue weighted by molar-refractivity contribution is 0.0243. The molecule has 0 aliphatic carbocycles. The van der Waals surface area contributed by atoms with E-state index in [1.54, 1.807) is 24.3 Å². The summed E-state index contributed by atoms with van der Waals surface area (Å²) in [5, 5.41) is 19.1. The third-order valence-corrected chi connectivity index (χ3v) is 2.41. The van der Waals surface area contributed by atoms with E-state index in [1.165, 1.54) is 0 Å². The van der Waals surface area contributed by atoms with Gasteiger partial charge in [0, 0.05) is 6.54 Å². The van der Waals surface area contributed by atoms with Gasteiger partial charge in [0.05, 0.1) is 12.7 Å². The van der Waals surface area contributed by atoms with Gasteiger partial charge < -0.3 is 20.7 Å². The fourth-order valence-electron chi connectivity index (χ4n) is 1.38. The Labute approximate surface area is 102 Å². The van der Waals surface area contributed by atoms with Gasteiger partial charge in [0.1, 0.15) is 11.9 Å². The third-order valence-electron chi connectivity index (χ3n) is 2.41. The van der Waals surface area contributed by atoms with Crippen LogP contribution in [0.2, 0.25) is 0 Å². The molecule has 1 aromatic carbocycles. The van der Waals surface area contributed by atoms with E-state index in [2.05, 4.69) is 13.8 Å². The van der Waals surface area contributed by atoms with Gasteiger partial charge in [-0.25, -0.2) is 0 Å². The van der Waals surface area contributed by atoms with Crippen LogP contribution >= 0.6 is 0 Å². The van der Waals surface area contributed by atoms with Crippen LogP contribution in [0, 0.1) is 5.92 Å². The van der Waals surface area contributed by atoms with Crippen LogP contribution in [0.5, 0.6) is 5.75 Å². The molecule has 17 heavy (non-hydrogen) atoms. The SMILES string of the molecule is CC(C)COc1ccc(C(O)C(O)CN)cc1. The molecule has 4 N–H and O–H groups in total. The molecule has 1 aromatic rings. The number of nitrogens with two attached hydrogens (primary N) is 1.